The smallest absolute Gasteiger partial charge is 0.244 e. The van der Waals surface area contributed by atoms with Crippen molar-refractivity contribution in [3.8, 4) is 0 Å². The fourth-order valence-corrected chi connectivity index (χ4v) is 3.90. The summed E-state index contributed by atoms with van der Waals surface area (Å²) >= 11 is 0. The highest BCUT2D eigenvalue weighted by Crippen LogP contribution is 2.21. The third-order valence-corrected chi connectivity index (χ3v) is 5.51. The Kier molecular flexibility index (Phi) is 5.79. The number of hydrogen-bond donors (Lipinski definition) is 1. The van der Waals surface area contributed by atoms with Crippen molar-refractivity contribution in [1.82, 2.24) is 29.9 Å². The fourth-order valence-electron chi connectivity index (χ4n) is 3.90. The number of piperazine rings is 1. The van der Waals surface area contributed by atoms with Crippen LogP contribution in [-0.4, -0.2) is 69.7 Å². The van der Waals surface area contributed by atoms with E-state index in [2.05, 4.69) is 32.4 Å². The van der Waals surface area contributed by atoms with E-state index in [4.69, 9.17) is 0 Å². The Morgan fingerprint density at radius 2 is 2.07 bits per heavy atom. The number of carbonyl (C=O) groups excluding carboxylic acids is 1. The zero-order chi connectivity index (χ0) is 18.5. The molecule has 1 atom stereocenters. The largest absolute Gasteiger partial charge is 0.339 e. The highest BCUT2D eigenvalue weighted by atomic mass is 16.2. The van der Waals surface area contributed by atoms with Gasteiger partial charge in [-0.1, -0.05) is 6.07 Å². The number of piperidine rings is 1. The molecule has 0 radical (unpaired) electrons. The van der Waals surface area contributed by atoms with Crippen molar-refractivity contribution in [3.63, 3.8) is 0 Å². The van der Waals surface area contributed by atoms with Gasteiger partial charge in [0.2, 0.25) is 5.91 Å². The van der Waals surface area contributed by atoms with Gasteiger partial charge in [0.1, 0.15) is 6.54 Å². The Hall–Kier alpha value is -2.25. The normalized spacial score (nSPS) is 21.3. The average molecular weight is 368 g/mol. The summed E-state index contributed by atoms with van der Waals surface area (Å²) in [6.07, 6.45) is 6.14. The zero-order valence-corrected chi connectivity index (χ0v) is 15.8. The molecular formula is C20H28N6O. The Balaban J connectivity index is 1.25. The van der Waals surface area contributed by atoms with Crippen LogP contribution in [0.3, 0.4) is 0 Å². The molecule has 2 aromatic rings. The van der Waals surface area contributed by atoms with Crippen molar-refractivity contribution >= 4 is 5.91 Å². The van der Waals surface area contributed by atoms with Crippen LogP contribution in [-0.2, 0) is 17.9 Å². The van der Waals surface area contributed by atoms with Crippen molar-refractivity contribution < 1.29 is 4.79 Å². The highest BCUT2D eigenvalue weighted by molar-refractivity contribution is 5.76. The molecule has 7 heteroatoms. The second-order valence-corrected chi connectivity index (χ2v) is 7.46. The first-order valence-corrected chi connectivity index (χ1v) is 9.92. The van der Waals surface area contributed by atoms with E-state index in [1.165, 1.54) is 12.8 Å². The topological polar surface area (TPSA) is 66.3 Å². The minimum atomic E-state index is 0.156. The van der Waals surface area contributed by atoms with Gasteiger partial charge in [-0.15, -0.1) is 0 Å². The molecule has 2 saturated heterocycles. The molecule has 144 valence electrons. The maximum Gasteiger partial charge on any atom is 0.244 e. The van der Waals surface area contributed by atoms with Crippen LogP contribution >= 0.6 is 0 Å². The average Bonchev–Trinajstić information content (AvgIpc) is 3.18. The molecule has 0 aromatic carbocycles. The van der Waals surface area contributed by atoms with Crippen molar-refractivity contribution in [2.75, 3.05) is 39.3 Å². The second kappa shape index (κ2) is 8.63. The first-order valence-electron chi connectivity index (χ1n) is 9.92. The summed E-state index contributed by atoms with van der Waals surface area (Å²) in [6.45, 7) is 6.59. The lowest BCUT2D eigenvalue weighted by atomic mass is 9.97. The molecular weight excluding hydrogens is 340 g/mol. The van der Waals surface area contributed by atoms with Crippen molar-refractivity contribution in [2.24, 2.45) is 0 Å². The van der Waals surface area contributed by atoms with E-state index in [9.17, 15) is 4.79 Å². The molecule has 0 unspecified atom stereocenters. The van der Waals surface area contributed by atoms with Crippen molar-refractivity contribution in [3.05, 3.63) is 48.0 Å². The van der Waals surface area contributed by atoms with Crippen LogP contribution in [0.2, 0.25) is 0 Å². The van der Waals surface area contributed by atoms with Gasteiger partial charge in [-0.05, 0) is 37.6 Å². The minimum absolute atomic E-state index is 0.156. The molecule has 7 nitrogen and oxygen atoms in total. The van der Waals surface area contributed by atoms with E-state index >= 15 is 0 Å². The number of nitrogens with zero attached hydrogens (tertiary/aromatic N) is 5. The molecule has 2 aromatic heterocycles. The van der Waals surface area contributed by atoms with Crippen molar-refractivity contribution in [2.45, 2.75) is 31.8 Å². The summed E-state index contributed by atoms with van der Waals surface area (Å²) in [5.41, 5.74) is 2.19. The third-order valence-electron chi connectivity index (χ3n) is 5.51. The SMILES string of the molecule is O=C(Cn1ccc([C@@H]2CCCNC2)n1)N1CCN(Cc2ccccn2)CC1. The molecule has 0 aliphatic carbocycles. The Morgan fingerprint density at radius 3 is 2.81 bits per heavy atom. The van der Waals surface area contributed by atoms with E-state index in [-0.39, 0.29) is 5.91 Å². The van der Waals surface area contributed by atoms with Gasteiger partial charge in [-0.3, -0.25) is 19.4 Å². The lowest BCUT2D eigenvalue weighted by molar-refractivity contribution is -0.133. The lowest BCUT2D eigenvalue weighted by Gasteiger charge is -2.34. The standard InChI is InChI=1S/C20H28N6O/c27-20(16-26-9-6-19(23-26)17-4-3-7-21-14-17)25-12-10-24(11-13-25)15-18-5-1-2-8-22-18/h1-2,5-6,8-9,17,21H,3-4,7,10-16H2/t17-/m1/s1. The molecule has 0 spiro atoms. The monoisotopic (exact) mass is 368 g/mol. The summed E-state index contributed by atoms with van der Waals surface area (Å²) in [4.78, 5) is 21.3. The number of amides is 1. The van der Waals surface area contributed by atoms with Crippen LogP contribution < -0.4 is 5.32 Å². The van der Waals surface area contributed by atoms with E-state index in [1.807, 2.05) is 29.4 Å². The first-order chi connectivity index (χ1) is 13.3. The summed E-state index contributed by atoms with van der Waals surface area (Å²) < 4.78 is 1.80. The summed E-state index contributed by atoms with van der Waals surface area (Å²) in [5, 5.41) is 8.07. The first kappa shape index (κ1) is 18.1. The number of aromatic nitrogens is 3. The van der Waals surface area contributed by atoms with Gasteiger partial charge in [-0.25, -0.2) is 0 Å². The Morgan fingerprint density at radius 1 is 1.19 bits per heavy atom. The predicted octanol–water partition coefficient (Wildman–Crippen LogP) is 1.09. The van der Waals surface area contributed by atoms with Gasteiger partial charge in [0, 0.05) is 57.6 Å². The van der Waals surface area contributed by atoms with E-state index in [0.29, 0.717) is 12.5 Å². The summed E-state index contributed by atoms with van der Waals surface area (Å²) in [5.74, 6) is 0.633. The van der Waals surface area contributed by atoms with Crippen LogP contribution in [0.1, 0.15) is 30.1 Å². The molecule has 4 rings (SSSR count). The maximum atomic E-state index is 12.6. The van der Waals surface area contributed by atoms with E-state index < -0.39 is 0 Å². The molecule has 27 heavy (non-hydrogen) atoms. The molecule has 0 saturated carbocycles. The molecule has 1 N–H and O–H groups in total. The van der Waals surface area contributed by atoms with Crippen LogP contribution in [0.15, 0.2) is 36.7 Å². The van der Waals surface area contributed by atoms with Crippen LogP contribution in [0, 0.1) is 0 Å². The van der Waals surface area contributed by atoms with E-state index in [0.717, 1.165) is 57.2 Å². The number of rotatable bonds is 5. The zero-order valence-electron chi connectivity index (χ0n) is 15.8. The van der Waals surface area contributed by atoms with Crippen LogP contribution in [0.4, 0.5) is 0 Å². The second-order valence-electron chi connectivity index (χ2n) is 7.46. The Labute approximate surface area is 160 Å². The molecule has 1 amide bonds. The molecule has 0 bridgehead atoms. The van der Waals surface area contributed by atoms with Crippen LogP contribution in [0.5, 0.6) is 0 Å². The van der Waals surface area contributed by atoms with Crippen molar-refractivity contribution in [1.29, 1.82) is 0 Å². The molecule has 2 aliphatic rings. The third kappa shape index (κ3) is 4.73. The summed E-state index contributed by atoms with van der Waals surface area (Å²) in [7, 11) is 0. The number of carbonyl (C=O) groups is 1. The molecule has 2 aliphatic heterocycles. The lowest BCUT2D eigenvalue weighted by Crippen LogP contribution is -2.49. The summed E-state index contributed by atoms with van der Waals surface area (Å²) in [6, 6.07) is 8.07. The highest BCUT2D eigenvalue weighted by Gasteiger charge is 2.22. The van der Waals surface area contributed by atoms with Gasteiger partial charge in [0.05, 0.1) is 11.4 Å². The van der Waals surface area contributed by atoms with Gasteiger partial charge in [-0.2, -0.15) is 5.10 Å². The molecule has 2 fully saturated rings. The van der Waals surface area contributed by atoms with Gasteiger partial charge < -0.3 is 10.2 Å². The number of nitrogens with one attached hydrogen (secondary N) is 1. The van der Waals surface area contributed by atoms with Gasteiger partial charge in [0.15, 0.2) is 0 Å². The minimum Gasteiger partial charge on any atom is -0.339 e. The van der Waals surface area contributed by atoms with Crippen LogP contribution in [0.25, 0.3) is 0 Å². The maximum absolute atomic E-state index is 12.6. The number of pyridine rings is 1. The Bertz CT molecular complexity index is 732. The fraction of sp³-hybridized carbons (Fsp3) is 0.550. The van der Waals surface area contributed by atoms with E-state index in [1.54, 1.807) is 4.68 Å². The quantitative estimate of drug-likeness (QED) is 0.856. The molecule has 4 heterocycles. The van der Waals surface area contributed by atoms with Gasteiger partial charge >= 0.3 is 0 Å². The predicted molar refractivity (Wildman–Crippen MR) is 103 cm³/mol. The van der Waals surface area contributed by atoms with Gasteiger partial charge in [0.25, 0.3) is 0 Å². The number of hydrogen-bond acceptors (Lipinski definition) is 5.